The van der Waals surface area contributed by atoms with Gasteiger partial charge in [0, 0.05) is 24.8 Å². The smallest absolute Gasteiger partial charge is 0.328 e. The molecule has 0 aromatic carbocycles. The number of carbonyl (C=O) groups is 2. The molecule has 0 saturated carbocycles. The Morgan fingerprint density at radius 3 is 2.45 bits per heavy atom. The lowest BCUT2D eigenvalue weighted by Gasteiger charge is -2.27. The van der Waals surface area contributed by atoms with E-state index in [1.165, 1.54) is 31.7 Å². The Balaban J connectivity index is 0.000000447. The summed E-state index contributed by atoms with van der Waals surface area (Å²) in [4.78, 5) is 26.4. The number of nitrogens with zero attached hydrogens (tertiary/aromatic N) is 3. The number of rotatable bonds is 8. The fraction of sp³-hybridized carbons (Fsp3) is 0.444. The fourth-order valence-corrected chi connectivity index (χ4v) is 2.61. The molecule has 2 heterocycles. The number of aliphatic carboxylic acids is 2. The second-order valence-corrected chi connectivity index (χ2v) is 6.51. The van der Waals surface area contributed by atoms with Crippen molar-refractivity contribution in [1.82, 2.24) is 4.90 Å². The first-order valence-corrected chi connectivity index (χ1v) is 9.24. The number of aliphatic hydroxyl groups is 1. The molecular weight excluding hydrogens is 406 g/mol. The topological polar surface area (TPSA) is 147 Å². The van der Waals surface area contributed by atoms with Crippen LogP contribution in [0, 0.1) is 5.21 Å². The van der Waals surface area contributed by atoms with Gasteiger partial charge in [-0.1, -0.05) is 23.2 Å². The van der Waals surface area contributed by atoms with Crippen molar-refractivity contribution < 1.29 is 34.5 Å². The van der Waals surface area contributed by atoms with Gasteiger partial charge in [0.15, 0.2) is 17.6 Å². The van der Waals surface area contributed by atoms with E-state index < -0.39 is 18.0 Å². The summed E-state index contributed by atoms with van der Waals surface area (Å²) in [6, 6.07) is 3.24. The molecule has 0 bridgehead atoms. The Kier molecular flexibility index (Phi) is 11.3. The lowest BCUT2D eigenvalue weighted by molar-refractivity contribution is -0.605. The van der Waals surface area contributed by atoms with Gasteiger partial charge in [-0.25, -0.2) is 9.59 Å². The van der Waals surface area contributed by atoms with Crippen LogP contribution in [0.2, 0.25) is 0 Å². The Labute approximate surface area is 172 Å². The molecule has 1 aromatic rings. The molecule has 1 atom stereocenters. The Morgan fingerprint density at radius 2 is 1.90 bits per heavy atom. The van der Waals surface area contributed by atoms with Gasteiger partial charge in [-0.05, 0) is 32.0 Å². The van der Waals surface area contributed by atoms with Crippen molar-refractivity contribution >= 4 is 28.7 Å². The molecule has 10 nitrogen and oxygen atoms in total. The number of piperidine rings is 1. The Hall–Kier alpha value is -2.69. The maximum absolute atomic E-state index is 11.1. The molecular formula is C18H24ClN3O7. The van der Waals surface area contributed by atoms with Gasteiger partial charge in [0.1, 0.15) is 12.7 Å². The molecule has 0 aliphatic carbocycles. The summed E-state index contributed by atoms with van der Waals surface area (Å²) in [6.45, 7) is 2.71. The summed E-state index contributed by atoms with van der Waals surface area (Å²) in [5.74, 6) is -2.51. The first-order valence-electron chi connectivity index (χ1n) is 8.87. The lowest BCUT2D eigenvalue weighted by atomic mass is 10.1. The SMILES string of the molecule is O=C(O)/C=C/C(=O)O.[O-][n+]1cccc(/C(Cl)=N\OC[C@H](O)CN2CCCCC2)c1. The van der Waals surface area contributed by atoms with Gasteiger partial charge < -0.3 is 30.3 Å². The monoisotopic (exact) mass is 429 g/mol. The van der Waals surface area contributed by atoms with Gasteiger partial charge in [0.05, 0.1) is 5.56 Å². The van der Waals surface area contributed by atoms with Crippen molar-refractivity contribution in [2.24, 2.45) is 5.16 Å². The molecule has 0 spiro atoms. The van der Waals surface area contributed by atoms with Crippen molar-refractivity contribution in [1.29, 1.82) is 0 Å². The van der Waals surface area contributed by atoms with E-state index in [2.05, 4.69) is 10.1 Å². The van der Waals surface area contributed by atoms with Gasteiger partial charge in [0.25, 0.3) is 0 Å². The zero-order chi connectivity index (χ0) is 21.6. The zero-order valence-electron chi connectivity index (χ0n) is 15.7. The highest BCUT2D eigenvalue weighted by Gasteiger charge is 2.15. The molecule has 29 heavy (non-hydrogen) atoms. The number of pyridine rings is 1. The van der Waals surface area contributed by atoms with E-state index in [0.717, 1.165) is 13.1 Å². The highest BCUT2D eigenvalue weighted by molar-refractivity contribution is 6.69. The number of halogens is 1. The van der Waals surface area contributed by atoms with Crippen LogP contribution in [0.15, 0.2) is 41.8 Å². The first kappa shape index (κ1) is 24.3. The number of β-amino-alcohol motifs (C(OH)–C–C–N with tert-alkyl or cyclic N) is 1. The molecule has 1 fully saturated rings. The number of carboxylic acid groups (broad SMARTS) is 2. The van der Waals surface area contributed by atoms with Crippen molar-refractivity contribution in [3.8, 4) is 0 Å². The van der Waals surface area contributed by atoms with Crippen LogP contribution in [0.3, 0.4) is 0 Å². The van der Waals surface area contributed by atoms with Crippen molar-refractivity contribution in [3.05, 3.63) is 47.4 Å². The summed E-state index contributed by atoms with van der Waals surface area (Å²) in [7, 11) is 0. The average molecular weight is 430 g/mol. The standard InChI is InChI=1S/C14H20ClN3O3.C4H4O4/c15-14(12-5-4-8-18(20)9-12)16-21-11-13(19)10-17-6-2-1-3-7-17;5-3(6)1-2-4(7)8/h4-5,8-9,13,19H,1-3,6-7,10-11H2;1-2H,(H,5,6)(H,7,8)/b16-14+;2-1+/t13-;/m1./s1. The van der Waals surface area contributed by atoms with Crippen molar-refractivity contribution in [3.63, 3.8) is 0 Å². The number of aliphatic hydroxyl groups excluding tert-OH is 1. The van der Waals surface area contributed by atoms with Gasteiger partial charge >= 0.3 is 11.9 Å². The number of aromatic nitrogens is 1. The average Bonchev–Trinajstić information content (AvgIpc) is 2.67. The molecule has 1 saturated heterocycles. The van der Waals surface area contributed by atoms with Crippen LogP contribution < -0.4 is 4.73 Å². The third kappa shape index (κ3) is 11.7. The maximum Gasteiger partial charge on any atom is 0.328 e. The van der Waals surface area contributed by atoms with Crippen LogP contribution in [0.25, 0.3) is 0 Å². The van der Waals surface area contributed by atoms with E-state index in [0.29, 0.717) is 29.0 Å². The molecule has 11 heteroatoms. The third-order valence-electron chi connectivity index (χ3n) is 3.71. The maximum atomic E-state index is 11.1. The van der Waals surface area contributed by atoms with E-state index in [-0.39, 0.29) is 11.8 Å². The van der Waals surface area contributed by atoms with E-state index in [1.54, 1.807) is 12.1 Å². The predicted octanol–water partition coefficient (Wildman–Crippen LogP) is 0.796. The lowest BCUT2D eigenvalue weighted by Crippen LogP contribution is -2.38. The normalized spacial score (nSPS) is 16.0. The minimum atomic E-state index is -1.26. The number of likely N-dealkylation sites (tertiary alicyclic amines) is 1. The minimum absolute atomic E-state index is 0.0803. The molecule has 3 N–H and O–H groups in total. The van der Waals surface area contributed by atoms with E-state index >= 15 is 0 Å². The molecule has 0 amide bonds. The van der Waals surface area contributed by atoms with Crippen LogP contribution in [-0.4, -0.2) is 69.7 Å². The molecule has 0 unspecified atom stereocenters. The summed E-state index contributed by atoms with van der Waals surface area (Å²) in [5.41, 5.74) is 0.472. The second kappa shape index (κ2) is 13.5. The van der Waals surface area contributed by atoms with Crippen LogP contribution in [-0.2, 0) is 14.4 Å². The summed E-state index contributed by atoms with van der Waals surface area (Å²) >= 11 is 5.93. The van der Waals surface area contributed by atoms with E-state index in [4.69, 9.17) is 26.7 Å². The number of carboxylic acids is 2. The highest BCUT2D eigenvalue weighted by atomic mass is 35.5. The van der Waals surface area contributed by atoms with Crippen LogP contribution in [0.1, 0.15) is 24.8 Å². The Bertz CT molecular complexity index is 705. The van der Waals surface area contributed by atoms with Gasteiger partial charge in [-0.15, -0.1) is 0 Å². The van der Waals surface area contributed by atoms with Gasteiger partial charge in [0.2, 0.25) is 0 Å². The number of hydrogen-bond acceptors (Lipinski definition) is 7. The molecule has 160 valence electrons. The van der Waals surface area contributed by atoms with Crippen molar-refractivity contribution in [2.75, 3.05) is 26.2 Å². The number of oxime groups is 1. The highest BCUT2D eigenvalue weighted by Crippen LogP contribution is 2.09. The quantitative estimate of drug-likeness (QED) is 0.181. The van der Waals surface area contributed by atoms with E-state index in [9.17, 15) is 19.9 Å². The molecule has 1 aromatic heterocycles. The molecule has 2 rings (SSSR count). The summed E-state index contributed by atoms with van der Waals surface area (Å²) in [5, 5.41) is 40.4. The molecule has 0 radical (unpaired) electrons. The van der Waals surface area contributed by atoms with Crippen LogP contribution in [0.4, 0.5) is 0 Å². The summed E-state index contributed by atoms with van der Waals surface area (Å²) < 4.78 is 0.637. The Morgan fingerprint density at radius 1 is 1.28 bits per heavy atom. The van der Waals surface area contributed by atoms with E-state index in [1.807, 2.05) is 0 Å². The molecule has 1 aliphatic heterocycles. The minimum Gasteiger partial charge on any atom is -0.619 e. The predicted molar refractivity (Wildman–Crippen MR) is 104 cm³/mol. The zero-order valence-corrected chi connectivity index (χ0v) is 16.4. The second-order valence-electron chi connectivity index (χ2n) is 6.16. The number of hydrogen-bond donors (Lipinski definition) is 3. The van der Waals surface area contributed by atoms with Gasteiger partial charge in [-0.2, -0.15) is 4.73 Å². The third-order valence-corrected chi connectivity index (χ3v) is 4.00. The van der Waals surface area contributed by atoms with Gasteiger partial charge in [-0.3, -0.25) is 0 Å². The first-order chi connectivity index (χ1) is 13.8. The van der Waals surface area contributed by atoms with Crippen molar-refractivity contribution in [2.45, 2.75) is 25.4 Å². The summed E-state index contributed by atoms with van der Waals surface area (Å²) in [6.07, 6.45) is 6.80. The molecule has 1 aliphatic rings. The largest absolute Gasteiger partial charge is 0.619 e. The van der Waals surface area contributed by atoms with Crippen LogP contribution >= 0.6 is 11.6 Å². The van der Waals surface area contributed by atoms with Crippen LogP contribution in [0.5, 0.6) is 0 Å². The fourth-order valence-electron chi connectivity index (χ4n) is 2.44.